The highest BCUT2D eigenvalue weighted by Crippen LogP contribution is 2.61. The Morgan fingerprint density at radius 2 is 1.87 bits per heavy atom. The van der Waals surface area contributed by atoms with Gasteiger partial charge in [-0.25, -0.2) is 4.79 Å². The van der Waals surface area contributed by atoms with E-state index in [0.717, 1.165) is 73.5 Å². The van der Waals surface area contributed by atoms with Crippen LogP contribution in [-0.2, 0) is 20.9 Å². The number of ether oxygens (including phenoxy) is 4. The number of carbonyl (C=O) groups excluding carboxylic acids is 1. The minimum absolute atomic E-state index is 0.115. The van der Waals surface area contributed by atoms with Gasteiger partial charge in [0.25, 0.3) is 0 Å². The lowest BCUT2D eigenvalue weighted by Crippen LogP contribution is -2.69. The van der Waals surface area contributed by atoms with Crippen molar-refractivity contribution in [3.8, 4) is 11.5 Å². The number of carbonyl (C=O) groups is 1. The lowest BCUT2D eigenvalue weighted by atomic mass is 9.55. The summed E-state index contributed by atoms with van der Waals surface area (Å²) in [4.78, 5) is 23.3. The number of rotatable bonds is 19. The van der Waals surface area contributed by atoms with Gasteiger partial charge in [0.05, 0.1) is 25.3 Å². The molecule has 6 atom stereocenters. The second-order valence-corrected chi connectivity index (χ2v) is 14.3. The van der Waals surface area contributed by atoms with Gasteiger partial charge < -0.3 is 38.9 Å². The number of hydrogen-bond donors (Lipinski definition) is 2. The maximum absolute atomic E-state index is 13.4. The highest BCUT2D eigenvalue weighted by Gasteiger charge is 2.65. The van der Waals surface area contributed by atoms with E-state index in [4.69, 9.17) is 28.9 Å². The molecule has 2 aromatic carbocycles. The highest BCUT2D eigenvalue weighted by molar-refractivity contribution is 6.02. The molecule has 11 heteroatoms. The molecule has 2 aliphatic carbocycles. The van der Waals surface area contributed by atoms with Gasteiger partial charge in [0, 0.05) is 57.8 Å². The van der Waals surface area contributed by atoms with Crippen LogP contribution in [0.25, 0.3) is 0 Å². The number of nitrogens with zero attached hydrogens (tertiary/aromatic N) is 3. The number of aliphatic hydroxyl groups excluding tert-OH is 2. The van der Waals surface area contributed by atoms with Gasteiger partial charge in [0.1, 0.15) is 30.8 Å². The summed E-state index contributed by atoms with van der Waals surface area (Å²) in [5.41, 5.74) is 3.76. The fraction of sp³-hybridized carbons (Fsp3) is 0.561. The Balaban J connectivity index is 1.51. The summed E-state index contributed by atoms with van der Waals surface area (Å²) < 4.78 is 25.6. The molecule has 1 saturated heterocycles. The van der Waals surface area contributed by atoms with Gasteiger partial charge in [-0.15, -0.1) is 6.58 Å². The predicted octanol–water partition coefficient (Wildman–Crippen LogP) is 5.91. The Kier molecular flexibility index (Phi) is 12.9. The van der Waals surface area contributed by atoms with E-state index in [2.05, 4.69) is 23.6 Å². The van der Waals surface area contributed by atoms with Crippen LogP contribution in [0, 0.1) is 17.8 Å². The average Bonchev–Trinajstić information content (AvgIpc) is 4.00. The van der Waals surface area contributed by atoms with Crippen LogP contribution in [0.4, 0.5) is 4.79 Å². The zero-order chi connectivity index (χ0) is 36.5. The van der Waals surface area contributed by atoms with Crippen molar-refractivity contribution in [2.75, 3.05) is 60.2 Å². The predicted molar refractivity (Wildman–Crippen MR) is 198 cm³/mol. The molecule has 1 amide bonds. The summed E-state index contributed by atoms with van der Waals surface area (Å²) in [5.74, 6) is -0.0616. The lowest BCUT2D eigenvalue weighted by Gasteiger charge is -2.59. The van der Waals surface area contributed by atoms with Gasteiger partial charge in [-0.2, -0.15) is 0 Å². The SMILES string of the molecule is C=CCOC12Oc3ccc(OCCN4CC4)cc3C3C(CCCCO)C(CCCCO)C=C(C(=NOCc4ccccc4)CC1N(C)C(=O)OC)C32. The molecule has 0 radical (unpaired) electrons. The van der Waals surface area contributed by atoms with Crippen molar-refractivity contribution in [1.29, 1.82) is 0 Å². The lowest BCUT2D eigenvalue weighted by molar-refractivity contribution is -0.253. The third-order valence-corrected chi connectivity index (χ3v) is 11.0. The van der Waals surface area contributed by atoms with E-state index in [1.54, 1.807) is 18.0 Å². The van der Waals surface area contributed by atoms with Crippen molar-refractivity contribution in [2.45, 2.75) is 69.3 Å². The third kappa shape index (κ3) is 8.33. The molecule has 6 unspecified atom stereocenters. The normalized spacial score (nSPS) is 26.7. The number of hydrogen-bond acceptors (Lipinski definition) is 10. The number of oxime groups is 1. The summed E-state index contributed by atoms with van der Waals surface area (Å²) in [7, 11) is 3.09. The number of unbranched alkanes of at least 4 members (excludes halogenated alkanes) is 2. The molecule has 2 fully saturated rings. The summed E-state index contributed by atoms with van der Waals surface area (Å²) in [6, 6.07) is 15.3. The maximum atomic E-state index is 13.4. The van der Waals surface area contributed by atoms with E-state index >= 15 is 0 Å². The second-order valence-electron chi connectivity index (χ2n) is 14.3. The minimum Gasteiger partial charge on any atom is -0.492 e. The molecule has 6 rings (SSSR count). The highest BCUT2D eigenvalue weighted by atomic mass is 16.7. The first-order valence-corrected chi connectivity index (χ1v) is 18.8. The maximum Gasteiger partial charge on any atom is 0.409 e. The molecule has 11 nitrogen and oxygen atoms in total. The van der Waals surface area contributed by atoms with Gasteiger partial charge in [0.15, 0.2) is 0 Å². The summed E-state index contributed by atoms with van der Waals surface area (Å²) >= 11 is 0. The zero-order valence-electron chi connectivity index (χ0n) is 30.7. The topological polar surface area (TPSA) is 122 Å². The van der Waals surface area contributed by atoms with Gasteiger partial charge in [-0.1, -0.05) is 60.5 Å². The fourth-order valence-corrected chi connectivity index (χ4v) is 8.43. The molecule has 2 aromatic rings. The van der Waals surface area contributed by atoms with Gasteiger partial charge in [0.2, 0.25) is 5.79 Å². The van der Waals surface area contributed by atoms with Crippen LogP contribution >= 0.6 is 0 Å². The van der Waals surface area contributed by atoms with Gasteiger partial charge in [-0.3, -0.25) is 4.90 Å². The number of methoxy groups -OCH3 is 1. The smallest absolute Gasteiger partial charge is 0.409 e. The first-order chi connectivity index (χ1) is 25.4. The molecule has 0 aromatic heterocycles. The molecule has 52 heavy (non-hydrogen) atoms. The van der Waals surface area contributed by atoms with E-state index in [9.17, 15) is 15.0 Å². The number of aliphatic hydroxyl groups is 2. The monoisotopic (exact) mass is 717 g/mol. The van der Waals surface area contributed by atoms with Crippen LogP contribution in [0.15, 0.2) is 78.0 Å². The van der Waals surface area contributed by atoms with Crippen molar-refractivity contribution in [1.82, 2.24) is 9.80 Å². The average molecular weight is 718 g/mol. The number of fused-ring (bicyclic) bond motifs is 2. The Morgan fingerprint density at radius 1 is 1.10 bits per heavy atom. The Hall–Kier alpha value is -3.90. The van der Waals surface area contributed by atoms with E-state index in [1.807, 2.05) is 42.5 Å². The zero-order valence-corrected chi connectivity index (χ0v) is 30.7. The Bertz CT molecular complexity index is 1560. The molecular weight excluding hydrogens is 662 g/mol. The first-order valence-electron chi connectivity index (χ1n) is 18.8. The van der Waals surface area contributed by atoms with Crippen LogP contribution in [0.5, 0.6) is 11.5 Å². The standard InChI is InChI=1S/C41H55N3O8/c1-4-23-50-41-37(43(2)40(47)48-3)27-35(42-51-28-29-12-6-5-7-13-29)33-25-30(14-8-10-21-45)32(15-9-11-22-46)38(39(33)41)34-26-31(16-17-36(34)52-41)49-24-20-44-18-19-44/h4-7,12-13,16-17,25-26,30,32,37-39,45-46H,1,8-11,14-15,18-24,27-28H2,2-3H3. The van der Waals surface area contributed by atoms with E-state index < -0.39 is 17.9 Å². The van der Waals surface area contributed by atoms with Gasteiger partial charge in [-0.05, 0) is 66.9 Å². The fourth-order valence-electron chi connectivity index (χ4n) is 8.43. The van der Waals surface area contributed by atoms with Crippen molar-refractivity contribution in [3.05, 3.63) is 84.0 Å². The van der Waals surface area contributed by atoms with Crippen molar-refractivity contribution >= 4 is 11.8 Å². The number of amides is 1. The molecule has 1 saturated carbocycles. The molecular formula is C41H55N3O8. The second kappa shape index (κ2) is 17.7. The number of likely N-dealkylation sites (N-methyl/N-ethyl adjacent to an activating group) is 1. The van der Waals surface area contributed by atoms with Crippen molar-refractivity contribution < 1.29 is 38.8 Å². The van der Waals surface area contributed by atoms with Crippen molar-refractivity contribution in [2.24, 2.45) is 22.9 Å². The van der Waals surface area contributed by atoms with Crippen LogP contribution < -0.4 is 9.47 Å². The largest absolute Gasteiger partial charge is 0.492 e. The van der Waals surface area contributed by atoms with Crippen LogP contribution in [-0.4, -0.2) is 104 Å². The number of allylic oxidation sites excluding steroid dienone is 1. The molecule has 0 spiro atoms. The first kappa shape index (κ1) is 37.8. The van der Waals surface area contributed by atoms with Crippen LogP contribution in [0.3, 0.4) is 0 Å². The summed E-state index contributed by atoms with van der Waals surface area (Å²) in [6.07, 6.45) is 8.70. The third-order valence-electron chi connectivity index (χ3n) is 11.0. The molecule has 2 N–H and O–H groups in total. The van der Waals surface area contributed by atoms with Crippen LogP contribution in [0.1, 0.15) is 62.0 Å². The Morgan fingerprint density at radius 3 is 2.58 bits per heavy atom. The summed E-state index contributed by atoms with van der Waals surface area (Å²) in [5, 5.41) is 24.4. The number of benzene rings is 2. The molecule has 4 aliphatic rings. The quantitative estimate of drug-likeness (QED) is 0.0791. The van der Waals surface area contributed by atoms with E-state index in [1.165, 1.54) is 7.11 Å². The van der Waals surface area contributed by atoms with E-state index in [0.29, 0.717) is 38.2 Å². The Labute approximate surface area is 307 Å². The molecule has 0 bridgehead atoms. The van der Waals surface area contributed by atoms with Gasteiger partial charge >= 0.3 is 6.09 Å². The van der Waals surface area contributed by atoms with Crippen molar-refractivity contribution in [3.63, 3.8) is 0 Å². The summed E-state index contributed by atoms with van der Waals surface area (Å²) in [6.45, 7) is 8.42. The molecule has 2 heterocycles. The molecule has 282 valence electrons. The van der Waals surface area contributed by atoms with Crippen LogP contribution in [0.2, 0.25) is 0 Å². The molecule has 2 aliphatic heterocycles. The van der Waals surface area contributed by atoms with E-state index in [-0.39, 0.29) is 43.5 Å². The minimum atomic E-state index is -1.31.